The molecule has 0 saturated heterocycles. The van der Waals surface area contributed by atoms with Crippen LogP contribution in [0.2, 0.25) is 0 Å². The monoisotopic (exact) mass is 817 g/mol. The minimum absolute atomic E-state index is 0.639. The fraction of sp³-hybridized carbons (Fsp3) is 0. The van der Waals surface area contributed by atoms with E-state index in [-0.39, 0.29) is 0 Å². The zero-order valence-corrected chi connectivity index (χ0v) is 35.4. The highest BCUT2D eigenvalue weighted by atomic mass is 28.3. The summed E-state index contributed by atoms with van der Waals surface area (Å²) in [6.07, 6.45) is 0. The normalized spacial score (nSPS) is 12.6. The molecule has 2 heterocycles. The van der Waals surface area contributed by atoms with E-state index in [1.54, 1.807) is 0 Å². The van der Waals surface area contributed by atoms with Gasteiger partial charge in [0.2, 0.25) is 0 Å². The van der Waals surface area contributed by atoms with E-state index < -0.39 is 8.07 Å². The topological polar surface area (TPSA) is 38.7 Å². The average Bonchev–Trinajstić information content (AvgIpc) is 3.66. The molecule has 0 bridgehead atoms. The first-order chi connectivity index (χ1) is 31.2. The zero-order chi connectivity index (χ0) is 41.7. The third-order valence-electron chi connectivity index (χ3n) is 12.8. The van der Waals surface area contributed by atoms with Crippen molar-refractivity contribution >= 4 is 50.4 Å². The Morgan fingerprint density at radius 2 is 0.603 bits per heavy atom. The van der Waals surface area contributed by atoms with Crippen LogP contribution in [0.4, 0.5) is 0 Å². The first-order valence-electron chi connectivity index (χ1n) is 21.5. The van der Waals surface area contributed by atoms with E-state index in [1.807, 2.05) is 24.3 Å². The molecule has 4 heteroatoms. The molecule has 1 aromatic heterocycles. The van der Waals surface area contributed by atoms with Gasteiger partial charge in [0.25, 0.3) is 0 Å². The first kappa shape index (κ1) is 36.8. The van der Waals surface area contributed by atoms with Crippen LogP contribution in [0, 0.1) is 0 Å². The van der Waals surface area contributed by atoms with E-state index in [4.69, 9.17) is 15.0 Å². The van der Waals surface area contributed by atoms with Gasteiger partial charge in [-0.2, -0.15) is 0 Å². The van der Waals surface area contributed by atoms with Crippen LogP contribution in [-0.2, 0) is 0 Å². The molecule has 0 unspecified atom stereocenters. The Labute approximate surface area is 367 Å². The molecular weight excluding hydrogens is 779 g/mol. The van der Waals surface area contributed by atoms with Crippen LogP contribution < -0.4 is 20.7 Å². The summed E-state index contributed by atoms with van der Waals surface area (Å²) in [5, 5.41) is 10.9. The average molecular weight is 818 g/mol. The fourth-order valence-electron chi connectivity index (χ4n) is 9.89. The molecule has 1 aliphatic heterocycles. The third kappa shape index (κ3) is 6.14. The smallest absolute Gasteiger partial charge is 0.182 e. The van der Waals surface area contributed by atoms with E-state index in [2.05, 4.69) is 212 Å². The highest BCUT2D eigenvalue weighted by Crippen LogP contribution is 2.35. The Hall–Kier alpha value is -8.05. The molecule has 3 nitrogen and oxygen atoms in total. The van der Waals surface area contributed by atoms with Crippen molar-refractivity contribution in [1.82, 2.24) is 15.0 Å². The van der Waals surface area contributed by atoms with Crippen LogP contribution >= 0.6 is 0 Å². The number of rotatable bonds is 7. The summed E-state index contributed by atoms with van der Waals surface area (Å²) in [5.41, 5.74) is 10.1. The Bertz CT molecular complexity index is 3400. The zero-order valence-electron chi connectivity index (χ0n) is 34.4. The lowest BCUT2D eigenvalue weighted by Gasteiger charge is -2.33. The van der Waals surface area contributed by atoms with Crippen molar-refractivity contribution in [3.63, 3.8) is 0 Å². The molecule has 0 amide bonds. The molecule has 1 aliphatic rings. The molecule has 0 radical (unpaired) electrons. The molecule has 0 aliphatic carbocycles. The lowest BCUT2D eigenvalue weighted by Crippen LogP contribution is -2.73. The van der Waals surface area contributed by atoms with Crippen molar-refractivity contribution in [3.8, 4) is 67.5 Å². The molecular formula is C59H39N3Si. The van der Waals surface area contributed by atoms with Gasteiger partial charge in [-0.05, 0) is 75.7 Å². The summed E-state index contributed by atoms with van der Waals surface area (Å²) in [7, 11) is -2.91. The minimum atomic E-state index is -2.91. The Morgan fingerprint density at radius 1 is 0.238 bits per heavy atom. The summed E-state index contributed by atoms with van der Waals surface area (Å²) in [4.78, 5) is 15.2. The molecule has 0 fully saturated rings. The number of fused-ring (bicyclic) bond motifs is 5. The summed E-state index contributed by atoms with van der Waals surface area (Å²) in [5.74, 6) is 1.93. The molecule has 63 heavy (non-hydrogen) atoms. The fourth-order valence-corrected chi connectivity index (χ4v) is 15.6. The molecule has 0 N–H and O–H groups in total. The summed E-state index contributed by atoms with van der Waals surface area (Å²) >= 11 is 0. The van der Waals surface area contributed by atoms with Crippen molar-refractivity contribution in [3.05, 3.63) is 237 Å². The number of hydrogen-bond acceptors (Lipinski definition) is 3. The van der Waals surface area contributed by atoms with Gasteiger partial charge in [0.1, 0.15) is 0 Å². The van der Waals surface area contributed by atoms with E-state index in [0.29, 0.717) is 17.5 Å². The molecule has 0 atom stereocenters. The quantitative estimate of drug-likeness (QED) is 0.150. The lowest BCUT2D eigenvalue weighted by molar-refractivity contribution is 1.07. The molecule has 11 aromatic rings. The maximum atomic E-state index is 5.09. The van der Waals surface area contributed by atoms with E-state index in [0.717, 1.165) is 27.8 Å². The Morgan fingerprint density at radius 3 is 1.17 bits per heavy atom. The second-order valence-electron chi connectivity index (χ2n) is 16.3. The first-order valence-corrected chi connectivity index (χ1v) is 23.5. The van der Waals surface area contributed by atoms with Crippen LogP contribution in [0.5, 0.6) is 0 Å². The van der Waals surface area contributed by atoms with E-state index >= 15 is 0 Å². The molecule has 0 saturated carbocycles. The van der Waals surface area contributed by atoms with Crippen LogP contribution in [0.25, 0.3) is 89.1 Å². The maximum absolute atomic E-state index is 5.09. The van der Waals surface area contributed by atoms with Crippen molar-refractivity contribution in [2.45, 2.75) is 0 Å². The van der Waals surface area contributed by atoms with E-state index in [1.165, 1.54) is 64.5 Å². The van der Waals surface area contributed by atoms with Crippen molar-refractivity contribution < 1.29 is 0 Å². The van der Waals surface area contributed by atoms with Gasteiger partial charge in [-0.1, -0.05) is 237 Å². The second kappa shape index (κ2) is 15.1. The van der Waals surface area contributed by atoms with Gasteiger partial charge in [0.05, 0.1) is 0 Å². The van der Waals surface area contributed by atoms with Gasteiger partial charge in [0.15, 0.2) is 25.5 Å². The van der Waals surface area contributed by atoms with Gasteiger partial charge in [0, 0.05) is 16.7 Å². The lowest BCUT2D eigenvalue weighted by atomic mass is 9.99. The predicted molar refractivity (Wildman–Crippen MR) is 265 cm³/mol. The summed E-state index contributed by atoms with van der Waals surface area (Å²) in [6, 6.07) is 85.9. The molecule has 294 valence electrons. The van der Waals surface area contributed by atoms with Crippen molar-refractivity contribution in [2.75, 3.05) is 0 Å². The molecule has 0 spiro atoms. The SMILES string of the molecule is c1ccc(-c2ccc(-c3nc(-c4ccccc4)nc(-c4ccc(-c5ccc6c(c5)[Si](c5cccc7ccccc57)(c5cccc7ccccc57)c5ccccc5-6)cc4)n3)cc2)cc1. The second-order valence-corrected chi connectivity index (χ2v) is 20.0. The molecule has 12 rings (SSSR count). The van der Waals surface area contributed by atoms with Crippen LogP contribution in [-0.4, -0.2) is 23.0 Å². The van der Waals surface area contributed by atoms with Gasteiger partial charge in [-0.15, -0.1) is 0 Å². The number of nitrogens with zero attached hydrogens (tertiary/aromatic N) is 3. The minimum Gasteiger partial charge on any atom is -0.208 e. The van der Waals surface area contributed by atoms with Crippen LogP contribution in [0.3, 0.4) is 0 Å². The van der Waals surface area contributed by atoms with E-state index in [9.17, 15) is 0 Å². The highest BCUT2D eigenvalue weighted by molar-refractivity contribution is 7.23. The predicted octanol–water partition coefficient (Wildman–Crippen LogP) is 11.9. The Balaban J connectivity index is 1.00. The van der Waals surface area contributed by atoms with Gasteiger partial charge in [-0.25, -0.2) is 15.0 Å². The molecule has 10 aromatic carbocycles. The third-order valence-corrected chi connectivity index (χ3v) is 17.8. The summed E-state index contributed by atoms with van der Waals surface area (Å²) < 4.78 is 0. The van der Waals surface area contributed by atoms with Crippen LogP contribution in [0.1, 0.15) is 0 Å². The highest BCUT2D eigenvalue weighted by Gasteiger charge is 2.50. The number of aromatic nitrogens is 3. The van der Waals surface area contributed by atoms with Gasteiger partial charge >= 0.3 is 0 Å². The Kier molecular flexibility index (Phi) is 8.84. The van der Waals surface area contributed by atoms with Crippen LogP contribution in [0.15, 0.2) is 237 Å². The summed E-state index contributed by atoms with van der Waals surface area (Å²) in [6.45, 7) is 0. The largest absolute Gasteiger partial charge is 0.208 e. The number of hydrogen-bond donors (Lipinski definition) is 0. The standard InChI is InChI=1S/C59H39N3Si/c1-3-15-40(16-4-1)41-29-33-46(34-30-41)58-60-57(45-19-5-2-6-20-45)61-59(62-58)47-35-31-42(32-36-47)48-37-38-52-51-25-11-12-26-55(51)63(56(52)39-48,53-27-13-21-43-17-7-9-23-49(43)53)54-28-14-22-44-18-8-10-24-50(44)54/h1-39H. The number of benzene rings is 10. The van der Waals surface area contributed by atoms with Crippen molar-refractivity contribution in [2.24, 2.45) is 0 Å². The van der Waals surface area contributed by atoms with Gasteiger partial charge < -0.3 is 0 Å². The maximum Gasteiger partial charge on any atom is 0.182 e. The van der Waals surface area contributed by atoms with Crippen molar-refractivity contribution in [1.29, 1.82) is 0 Å². The van der Waals surface area contributed by atoms with Gasteiger partial charge in [-0.3, -0.25) is 0 Å².